The SMILES string of the molecule is O=C(O)CCNC(=O)CCCN1C(=O)/C(=C/c2ccc(O)cc2)SC1=S. The molecule has 26 heavy (non-hydrogen) atoms. The summed E-state index contributed by atoms with van der Waals surface area (Å²) >= 11 is 6.43. The number of carboxylic acids is 1. The first-order valence-electron chi connectivity index (χ1n) is 7.89. The molecule has 2 amide bonds. The average molecular weight is 394 g/mol. The van der Waals surface area contributed by atoms with Crippen molar-refractivity contribution in [3.8, 4) is 5.75 Å². The van der Waals surface area contributed by atoms with E-state index in [0.717, 1.165) is 5.56 Å². The Morgan fingerprint density at radius 3 is 2.58 bits per heavy atom. The molecule has 0 aliphatic carbocycles. The Labute approximate surface area is 160 Å². The number of nitrogens with one attached hydrogen (secondary N) is 1. The lowest BCUT2D eigenvalue weighted by Gasteiger charge is -2.14. The highest BCUT2D eigenvalue weighted by molar-refractivity contribution is 8.26. The van der Waals surface area contributed by atoms with Crippen molar-refractivity contribution in [1.29, 1.82) is 0 Å². The van der Waals surface area contributed by atoms with E-state index >= 15 is 0 Å². The van der Waals surface area contributed by atoms with Crippen LogP contribution >= 0.6 is 24.0 Å². The molecule has 0 saturated carbocycles. The first kappa shape index (κ1) is 19.9. The first-order chi connectivity index (χ1) is 12.4. The number of carbonyl (C=O) groups excluding carboxylic acids is 2. The largest absolute Gasteiger partial charge is 0.508 e. The van der Waals surface area contributed by atoms with Gasteiger partial charge in [0, 0.05) is 19.5 Å². The summed E-state index contributed by atoms with van der Waals surface area (Å²) in [6.07, 6.45) is 2.20. The first-order valence-corrected chi connectivity index (χ1v) is 9.12. The monoisotopic (exact) mass is 394 g/mol. The number of rotatable bonds is 8. The molecular formula is C17H18N2O5S2. The number of carboxylic acid groups (broad SMARTS) is 1. The molecule has 1 fully saturated rings. The molecule has 1 aliphatic rings. The van der Waals surface area contributed by atoms with E-state index in [1.165, 1.54) is 28.8 Å². The summed E-state index contributed by atoms with van der Waals surface area (Å²) in [5.41, 5.74) is 0.779. The second-order valence-electron chi connectivity index (χ2n) is 5.52. The Hall–Kier alpha value is -2.39. The zero-order valence-electron chi connectivity index (χ0n) is 13.8. The van der Waals surface area contributed by atoms with Crippen molar-refractivity contribution in [2.75, 3.05) is 13.1 Å². The maximum Gasteiger partial charge on any atom is 0.305 e. The van der Waals surface area contributed by atoms with Gasteiger partial charge in [0.2, 0.25) is 5.91 Å². The molecule has 1 aliphatic heterocycles. The van der Waals surface area contributed by atoms with E-state index in [4.69, 9.17) is 17.3 Å². The van der Waals surface area contributed by atoms with Crippen molar-refractivity contribution in [3.05, 3.63) is 34.7 Å². The fraction of sp³-hybridized carbons (Fsp3) is 0.294. The summed E-state index contributed by atoms with van der Waals surface area (Å²) in [5.74, 6) is -1.28. The average Bonchev–Trinajstić information content (AvgIpc) is 2.84. The molecule has 1 heterocycles. The topological polar surface area (TPSA) is 107 Å². The number of carbonyl (C=O) groups is 3. The van der Waals surface area contributed by atoms with E-state index in [9.17, 15) is 19.5 Å². The number of thioether (sulfide) groups is 1. The molecular weight excluding hydrogens is 376 g/mol. The molecule has 0 atom stereocenters. The molecule has 0 radical (unpaired) electrons. The fourth-order valence-corrected chi connectivity index (χ4v) is 3.52. The van der Waals surface area contributed by atoms with Crippen molar-refractivity contribution >= 4 is 52.2 Å². The standard InChI is InChI=1S/C17H18N2O5S2/c20-12-5-3-11(4-6-12)10-13-16(24)19(17(25)26-13)9-1-2-14(21)18-8-7-15(22)23/h3-6,10,20H,1-2,7-9H2,(H,18,21)(H,22,23)/b13-10-. The van der Waals surface area contributed by atoms with Crippen LogP contribution in [0.25, 0.3) is 6.08 Å². The smallest absolute Gasteiger partial charge is 0.305 e. The van der Waals surface area contributed by atoms with Crippen molar-refractivity contribution in [2.45, 2.75) is 19.3 Å². The van der Waals surface area contributed by atoms with Crippen molar-refractivity contribution in [3.63, 3.8) is 0 Å². The van der Waals surface area contributed by atoms with Gasteiger partial charge in [0.1, 0.15) is 10.1 Å². The van der Waals surface area contributed by atoms with Crippen LogP contribution in [0, 0.1) is 0 Å². The van der Waals surface area contributed by atoms with E-state index in [1.54, 1.807) is 18.2 Å². The van der Waals surface area contributed by atoms with Gasteiger partial charge in [-0.05, 0) is 30.2 Å². The predicted octanol–water partition coefficient (Wildman–Crippen LogP) is 1.96. The lowest BCUT2D eigenvalue weighted by molar-refractivity contribution is -0.137. The molecule has 0 bridgehead atoms. The Morgan fingerprint density at radius 1 is 1.23 bits per heavy atom. The van der Waals surface area contributed by atoms with Gasteiger partial charge in [-0.3, -0.25) is 19.3 Å². The van der Waals surface area contributed by atoms with Crippen molar-refractivity contribution in [2.24, 2.45) is 0 Å². The summed E-state index contributed by atoms with van der Waals surface area (Å²) in [4.78, 5) is 36.4. The van der Waals surface area contributed by atoms with Gasteiger partial charge >= 0.3 is 5.97 Å². The van der Waals surface area contributed by atoms with Gasteiger partial charge in [-0.25, -0.2) is 0 Å². The highest BCUT2D eigenvalue weighted by atomic mass is 32.2. The van der Waals surface area contributed by atoms with Crippen LogP contribution in [-0.2, 0) is 14.4 Å². The summed E-state index contributed by atoms with van der Waals surface area (Å²) < 4.78 is 0.436. The molecule has 138 valence electrons. The number of thiocarbonyl (C=S) groups is 1. The Kier molecular flexibility index (Phi) is 7.16. The van der Waals surface area contributed by atoms with Crippen LogP contribution in [0.3, 0.4) is 0 Å². The maximum absolute atomic E-state index is 12.4. The minimum Gasteiger partial charge on any atom is -0.508 e. The summed E-state index contributed by atoms with van der Waals surface area (Å²) in [7, 11) is 0. The number of aliphatic carboxylic acids is 1. The van der Waals surface area contributed by atoms with Gasteiger partial charge in [0.05, 0.1) is 11.3 Å². The Morgan fingerprint density at radius 2 is 1.92 bits per heavy atom. The number of amides is 2. The Balaban J connectivity index is 1.84. The van der Waals surface area contributed by atoms with Crippen LogP contribution in [0.2, 0.25) is 0 Å². The number of aromatic hydroxyl groups is 1. The molecule has 9 heteroatoms. The number of nitrogens with zero attached hydrogens (tertiary/aromatic N) is 1. The van der Waals surface area contributed by atoms with Crippen molar-refractivity contribution in [1.82, 2.24) is 10.2 Å². The van der Waals surface area contributed by atoms with Gasteiger partial charge in [-0.15, -0.1) is 0 Å². The minimum absolute atomic E-state index is 0.0879. The third kappa shape index (κ3) is 5.85. The number of hydrogen-bond donors (Lipinski definition) is 3. The molecule has 3 N–H and O–H groups in total. The van der Waals surface area contributed by atoms with Crippen LogP contribution in [0.15, 0.2) is 29.2 Å². The maximum atomic E-state index is 12.4. The van der Waals surface area contributed by atoms with Crippen LogP contribution in [-0.4, -0.2) is 50.3 Å². The summed E-state index contributed by atoms with van der Waals surface area (Å²) in [5, 5.41) is 20.3. The normalized spacial score (nSPS) is 15.5. The third-order valence-electron chi connectivity index (χ3n) is 3.51. The quantitative estimate of drug-likeness (QED) is 0.457. The van der Waals surface area contributed by atoms with Gasteiger partial charge in [-0.1, -0.05) is 36.1 Å². The van der Waals surface area contributed by atoms with Gasteiger partial charge in [0.25, 0.3) is 5.91 Å². The summed E-state index contributed by atoms with van der Waals surface area (Å²) in [6, 6.07) is 6.47. The van der Waals surface area contributed by atoms with Crippen LogP contribution < -0.4 is 5.32 Å². The van der Waals surface area contributed by atoms with E-state index in [1.807, 2.05) is 0 Å². The summed E-state index contributed by atoms with van der Waals surface area (Å²) in [6.45, 7) is 0.411. The highest BCUT2D eigenvalue weighted by Gasteiger charge is 2.31. The lowest BCUT2D eigenvalue weighted by Crippen LogP contribution is -2.31. The number of benzene rings is 1. The number of phenolic OH excluding ortho intramolecular Hbond substituents is 1. The van der Waals surface area contributed by atoms with E-state index in [2.05, 4.69) is 5.32 Å². The minimum atomic E-state index is -0.969. The Bertz CT molecular complexity index is 746. The number of phenols is 1. The molecule has 1 aromatic rings. The second-order valence-corrected chi connectivity index (χ2v) is 7.20. The van der Waals surface area contributed by atoms with Crippen molar-refractivity contribution < 1.29 is 24.6 Å². The molecule has 0 spiro atoms. The highest BCUT2D eigenvalue weighted by Crippen LogP contribution is 2.32. The molecule has 0 unspecified atom stereocenters. The molecule has 7 nitrogen and oxygen atoms in total. The fourth-order valence-electron chi connectivity index (χ4n) is 2.21. The lowest BCUT2D eigenvalue weighted by atomic mass is 10.2. The van der Waals surface area contributed by atoms with Crippen LogP contribution in [0.5, 0.6) is 5.75 Å². The molecule has 0 aromatic heterocycles. The van der Waals surface area contributed by atoms with E-state index < -0.39 is 5.97 Å². The molecule has 1 aromatic carbocycles. The molecule has 1 saturated heterocycles. The number of hydrogen-bond acceptors (Lipinski definition) is 6. The third-order valence-corrected chi connectivity index (χ3v) is 4.89. The van der Waals surface area contributed by atoms with Crippen LogP contribution in [0.1, 0.15) is 24.8 Å². The zero-order chi connectivity index (χ0) is 19.1. The predicted molar refractivity (Wildman–Crippen MR) is 102 cm³/mol. The van der Waals surface area contributed by atoms with E-state index in [-0.39, 0.29) is 37.0 Å². The van der Waals surface area contributed by atoms with Gasteiger partial charge < -0.3 is 15.5 Å². The molecule has 2 rings (SSSR count). The van der Waals surface area contributed by atoms with E-state index in [0.29, 0.717) is 22.2 Å². The zero-order valence-corrected chi connectivity index (χ0v) is 15.4. The second kappa shape index (κ2) is 9.35. The van der Waals surface area contributed by atoms with Crippen LogP contribution in [0.4, 0.5) is 0 Å². The van der Waals surface area contributed by atoms with Gasteiger partial charge in [0.15, 0.2) is 0 Å². The van der Waals surface area contributed by atoms with Gasteiger partial charge in [-0.2, -0.15) is 0 Å².